The molecule has 1 aromatic heterocycles. The lowest BCUT2D eigenvalue weighted by molar-refractivity contribution is -0.120. The maximum absolute atomic E-state index is 12.1. The lowest BCUT2D eigenvalue weighted by Gasteiger charge is -2.11. The Labute approximate surface area is 194 Å². The summed E-state index contributed by atoms with van der Waals surface area (Å²) in [5.41, 5.74) is 0. The number of amides is 6. The SMILES string of the molecule is CC(C)CNC(=O)NC(=O)C(C)Sc1nnc(SC(C)C(=O)NC(=O)NCC(C)C)s1. The van der Waals surface area contributed by atoms with Gasteiger partial charge in [0.1, 0.15) is 0 Å². The van der Waals surface area contributed by atoms with E-state index < -0.39 is 34.4 Å². The van der Waals surface area contributed by atoms with Crippen LogP contribution in [0.4, 0.5) is 9.59 Å². The third kappa shape index (κ3) is 11.4. The van der Waals surface area contributed by atoms with Crippen LogP contribution >= 0.6 is 34.9 Å². The van der Waals surface area contributed by atoms with Crippen LogP contribution in [0.2, 0.25) is 0 Å². The Morgan fingerprint density at radius 2 is 1.10 bits per heavy atom. The number of hydrogen-bond acceptors (Lipinski definition) is 9. The zero-order chi connectivity index (χ0) is 23.6. The molecule has 1 heterocycles. The highest BCUT2D eigenvalue weighted by molar-refractivity contribution is 8.04. The van der Waals surface area contributed by atoms with Gasteiger partial charge in [0.25, 0.3) is 0 Å². The number of aromatic nitrogens is 2. The zero-order valence-corrected chi connectivity index (χ0v) is 20.9. The van der Waals surface area contributed by atoms with Crippen LogP contribution in [0.15, 0.2) is 8.68 Å². The van der Waals surface area contributed by atoms with Gasteiger partial charge in [-0.25, -0.2) is 9.59 Å². The molecule has 0 aliphatic carbocycles. The average molecular weight is 491 g/mol. The van der Waals surface area contributed by atoms with E-state index in [1.54, 1.807) is 13.8 Å². The predicted molar refractivity (Wildman–Crippen MR) is 123 cm³/mol. The predicted octanol–water partition coefficient (Wildman–Crippen LogP) is 2.46. The van der Waals surface area contributed by atoms with E-state index in [1.165, 1.54) is 34.9 Å². The van der Waals surface area contributed by atoms with Crippen LogP contribution < -0.4 is 21.3 Å². The molecule has 0 bridgehead atoms. The van der Waals surface area contributed by atoms with Gasteiger partial charge in [-0.1, -0.05) is 62.6 Å². The van der Waals surface area contributed by atoms with E-state index in [2.05, 4.69) is 31.5 Å². The third-order valence-corrected chi connectivity index (χ3v) is 6.79. The zero-order valence-electron chi connectivity index (χ0n) is 18.5. The Balaban J connectivity index is 2.48. The van der Waals surface area contributed by atoms with Crippen LogP contribution in [-0.4, -0.2) is 57.7 Å². The standard InChI is InChI=1S/C18H30N6O4S3/c1-9(2)7-19-15(27)21-13(25)11(5)29-17-23-24-18(31-17)30-12(6)14(26)22-16(28)20-8-10(3)4/h9-12H,7-8H2,1-6H3,(H2,19,21,25,27)(H2,20,22,26,28). The first kappa shape index (κ1) is 27.2. The summed E-state index contributed by atoms with van der Waals surface area (Å²) in [4.78, 5) is 47.7. The molecule has 0 spiro atoms. The first-order chi connectivity index (χ1) is 14.5. The molecule has 0 saturated carbocycles. The molecular weight excluding hydrogens is 460 g/mol. The Hall–Kier alpha value is -1.86. The van der Waals surface area contributed by atoms with E-state index in [0.29, 0.717) is 21.8 Å². The molecule has 0 aliphatic heterocycles. The first-order valence-electron chi connectivity index (χ1n) is 9.82. The number of rotatable bonds is 10. The van der Waals surface area contributed by atoms with Crippen LogP contribution in [0.3, 0.4) is 0 Å². The van der Waals surface area contributed by atoms with Crippen LogP contribution in [0.1, 0.15) is 41.5 Å². The summed E-state index contributed by atoms with van der Waals surface area (Å²) < 4.78 is 1.07. The number of nitrogens with one attached hydrogen (secondary N) is 4. The molecule has 2 unspecified atom stereocenters. The van der Waals surface area contributed by atoms with Crippen LogP contribution in [0.25, 0.3) is 0 Å². The van der Waals surface area contributed by atoms with Gasteiger partial charge in [0.05, 0.1) is 10.5 Å². The molecule has 0 aromatic carbocycles. The quantitative estimate of drug-likeness (QED) is 0.366. The van der Waals surface area contributed by atoms with Gasteiger partial charge in [0, 0.05) is 13.1 Å². The Morgan fingerprint density at radius 1 is 0.742 bits per heavy atom. The van der Waals surface area contributed by atoms with Crippen molar-refractivity contribution in [2.24, 2.45) is 11.8 Å². The third-order valence-electron chi connectivity index (χ3n) is 3.50. The lowest BCUT2D eigenvalue weighted by Crippen LogP contribution is -2.43. The number of hydrogen-bond donors (Lipinski definition) is 4. The summed E-state index contributed by atoms with van der Waals surface area (Å²) in [6, 6.07) is -1.06. The van der Waals surface area contributed by atoms with E-state index >= 15 is 0 Å². The number of carbonyl (C=O) groups is 4. The van der Waals surface area contributed by atoms with E-state index in [4.69, 9.17) is 0 Å². The topological polar surface area (TPSA) is 142 Å². The molecule has 0 aliphatic rings. The number of thioether (sulfide) groups is 2. The smallest absolute Gasteiger partial charge is 0.321 e. The fourth-order valence-corrected chi connectivity index (χ4v) is 5.12. The van der Waals surface area contributed by atoms with Crippen molar-refractivity contribution in [3.05, 3.63) is 0 Å². The highest BCUT2D eigenvalue weighted by Gasteiger charge is 2.22. The summed E-state index contributed by atoms with van der Waals surface area (Å²) in [6.07, 6.45) is 0. The molecule has 2 atom stereocenters. The highest BCUT2D eigenvalue weighted by Crippen LogP contribution is 2.33. The van der Waals surface area contributed by atoms with E-state index in [1.807, 2.05) is 27.7 Å². The van der Waals surface area contributed by atoms with Gasteiger partial charge in [-0.3, -0.25) is 20.2 Å². The molecule has 174 valence electrons. The normalized spacial score (nSPS) is 12.9. The summed E-state index contributed by atoms with van der Waals surface area (Å²) in [5, 5.41) is 16.8. The van der Waals surface area contributed by atoms with E-state index in [0.717, 1.165) is 0 Å². The summed E-state index contributed by atoms with van der Waals surface area (Å²) >= 11 is 3.57. The molecule has 10 nitrogen and oxygen atoms in total. The minimum atomic E-state index is -0.555. The summed E-state index contributed by atoms with van der Waals surface area (Å²) in [6.45, 7) is 12.1. The fraction of sp³-hybridized carbons (Fsp3) is 0.667. The van der Waals surface area contributed by atoms with Crippen molar-refractivity contribution in [3.8, 4) is 0 Å². The molecule has 1 rings (SSSR count). The molecule has 31 heavy (non-hydrogen) atoms. The van der Waals surface area contributed by atoms with Gasteiger partial charge in [0.15, 0.2) is 8.68 Å². The van der Waals surface area contributed by atoms with Crippen molar-refractivity contribution in [3.63, 3.8) is 0 Å². The molecule has 1 aromatic rings. The Kier molecular flexibility index (Phi) is 11.9. The summed E-state index contributed by atoms with van der Waals surface area (Å²) in [5.74, 6) is -0.306. The number of imide groups is 2. The number of nitrogens with zero attached hydrogens (tertiary/aromatic N) is 2. The van der Waals surface area contributed by atoms with E-state index in [-0.39, 0.29) is 11.8 Å². The first-order valence-corrected chi connectivity index (χ1v) is 12.4. The second-order valence-electron chi connectivity index (χ2n) is 7.54. The fourth-order valence-electron chi connectivity index (χ4n) is 1.81. The van der Waals surface area contributed by atoms with Crippen molar-refractivity contribution >= 4 is 58.7 Å². The molecule has 0 saturated heterocycles. The van der Waals surface area contributed by atoms with Crippen LogP contribution in [0.5, 0.6) is 0 Å². The van der Waals surface area contributed by atoms with Gasteiger partial charge in [0.2, 0.25) is 11.8 Å². The maximum Gasteiger partial charge on any atom is 0.321 e. The van der Waals surface area contributed by atoms with Crippen molar-refractivity contribution in [2.45, 2.75) is 60.7 Å². The van der Waals surface area contributed by atoms with Crippen molar-refractivity contribution in [1.82, 2.24) is 31.5 Å². The van der Waals surface area contributed by atoms with Gasteiger partial charge >= 0.3 is 12.1 Å². The highest BCUT2D eigenvalue weighted by atomic mass is 32.2. The van der Waals surface area contributed by atoms with Crippen LogP contribution in [-0.2, 0) is 9.59 Å². The summed E-state index contributed by atoms with van der Waals surface area (Å²) in [7, 11) is 0. The largest absolute Gasteiger partial charge is 0.338 e. The molecule has 13 heteroatoms. The average Bonchev–Trinajstić information content (AvgIpc) is 3.11. The van der Waals surface area contributed by atoms with Gasteiger partial charge < -0.3 is 10.6 Å². The van der Waals surface area contributed by atoms with Crippen LogP contribution in [0, 0.1) is 11.8 Å². The van der Waals surface area contributed by atoms with Gasteiger partial charge in [-0.2, -0.15) is 0 Å². The molecule has 0 fully saturated rings. The lowest BCUT2D eigenvalue weighted by atomic mass is 10.2. The minimum Gasteiger partial charge on any atom is -0.338 e. The van der Waals surface area contributed by atoms with Gasteiger partial charge in [-0.15, -0.1) is 10.2 Å². The molecular formula is C18H30N6O4S3. The monoisotopic (exact) mass is 490 g/mol. The molecule has 0 radical (unpaired) electrons. The number of urea groups is 2. The second kappa shape index (κ2) is 13.5. The maximum atomic E-state index is 12.1. The number of carbonyl (C=O) groups excluding carboxylic acids is 4. The minimum absolute atomic E-state index is 0.281. The van der Waals surface area contributed by atoms with Crippen molar-refractivity contribution in [1.29, 1.82) is 0 Å². The Morgan fingerprint density at radius 3 is 1.42 bits per heavy atom. The van der Waals surface area contributed by atoms with Crippen molar-refractivity contribution in [2.75, 3.05) is 13.1 Å². The van der Waals surface area contributed by atoms with Crippen molar-refractivity contribution < 1.29 is 19.2 Å². The molecule has 4 N–H and O–H groups in total. The molecule has 6 amide bonds. The van der Waals surface area contributed by atoms with Gasteiger partial charge in [-0.05, 0) is 25.7 Å². The Bertz CT molecular complexity index is 711. The second-order valence-corrected chi connectivity index (χ2v) is 11.7. The van der Waals surface area contributed by atoms with E-state index in [9.17, 15) is 19.2 Å².